The summed E-state index contributed by atoms with van der Waals surface area (Å²) < 4.78 is 0. The van der Waals surface area contributed by atoms with Gasteiger partial charge in [-0.25, -0.2) is 0 Å². The molecular weight excluding hydrogens is 266 g/mol. The Morgan fingerprint density at radius 1 is 1.05 bits per heavy atom. The van der Waals surface area contributed by atoms with Gasteiger partial charge in [0.05, 0.1) is 0 Å². The molecule has 1 aromatic heterocycles. The molecule has 0 saturated carbocycles. The molecule has 1 aromatic carbocycles. The van der Waals surface area contributed by atoms with Crippen molar-refractivity contribution in [1.29, 1.82) is 0 Å². The van der Waals surface area contributed by atoms with E-state index >= 15 is 0 Å². The Kier molecular flexibility index (Phi) is 4.66. The highest BCUT2D eigenvalue weighted by molar-refractivity contribution is 6.05. The molecule has 0 saturated heterocycles. The number of anilines is 1. The van der Waals surface area contributed by atoms with Crippen LogP contribution in [0.3, 0.4) is 0 Å². The molecule has 0 aliphatic heterocycles. The number of benzene rings is 1. The van der Waals surface area contributed by atoms with Crippen molar-refractivity contribution in [3.05, 3.63) is 59.9 Å². The summed E-state index contributed by atoms with van der Waals surface area (Å²) in [6.07, 6.45) is 1.45. The van der Waals surface area contributed by atoms with Crippen LogP contribution in [-0.4, -0.2) is 22.8 Å². The van der Waals surface area contributed by atoms with E-state index in [2.05, 4.69) is 15.6 Å². The summed E-state index contributed by atoms with van der Waals surface area (Å²) in [5, 5.41) is 5.51. The number of nitrogens with one attached hydrogen (secondary N) is 2. The van der Waals surface area contributed by atoms with E-state index in [1.54, 1.807) is 18.2 Å². The lowest BCUT2D eigenvalue weighted by atomic mass is 10.2. The van der Waals surface area contributed by atoms with Crippen molar-refractivity contribution >= 4 is 17.5 Å². The van der Waals surface area contributed by atoms with Crippen molar-refractivity contribution in [2.24, 2.45) is 0 Å². The molecule has 0 unspecified atom stereocenters. The second kappa shape index (κ2) is 6.65. The Morgan fingerprint density at radius 2 is 1.76 bits per heavy atom. The number of hydrogen-bond acceptors (Lipinski definition) is 3. The van der Waals surface area contributed by atoms with Crippen LogP contribution in [0.1, 0.15) is 34.7 Å². The molecule has 0 fully saturated rings. The first-order chi connectivity index (χ1) is 10.1. The number of amides is 2. The molecule has 5 heteroatoms. The van der Waals surface area contributed by atoms with Gasteiger partial charge in [-0.1, -0.05) is 18.2 Å². The van der Waals surface area contributed by atoms with E-state index in [-0.39, 0.29) is 23.6 Å². The van der Waals surface area contributed by atoms with Gasteiger partial charge in [0.15, 0.2) is 0 Å². The predicted molar refractivity (Wildman–Crippen MR) is 81.2 cm³/mol. The topological polar surface area (TPSA) is 71.1 Å². The monoisotopic (exact) mass is 283 g/mol. The third-order valence-electron chi connectivity index (χ3n) is 2.71. The van der Waals surface area contributed by atoms with Crippen molar-refractivity contribution in [3.8, 4) is 0 Å². The summed E-state index contributed by atoms with van der Waals surface area (Å²) in [5.41, 5.74) is 1.32. The van der Waals surface area contributed by atoms with Crippen molar-refractivity contribution in [2.45, 2.75) is 19.9 Å². The van der Waals surface area contributed by atoms with Crippen LogP contribution in [0.4, 0.5) is 5.69 Å². The Labute approximate surface area is 123 Å². The van der Waals surface area contributed by atoms with Crippen LogP contribution >= 0.6 is 0 Å². The van der Waals surface area contributed by atoms with E-state index in [1.165, 1.54) is 12.3 Å². The Balaban J connectivity index is 2.13. The first-order valence-corrected chi connectivity index (χ1v) is 6.69. The molecule has 0 radical (unpaired) electrons. The molecule has 0 atom stereocenters. The van der Waals surface area contributed by atoms with E-state index in [4.69, 9.17) is 0 Å². The second-order valence-electron chi connectivity index (χ2n) is 4.88. The van der Waals surface area contributed by atoms with Gasteiger partial charge in [-0.2, -0.15) is 0 Å². The zero-order chi connectivity index (χ0) is 15.2. The quantitative estimate of drug-likeness (QED) is 0.905. The van der Waals surface area contributed by atoms with Gasteiger partial charge in [-0.3, -0.25) is 14.6 Å². The zero-order valence-corrected chi connectivity index (χ0v) is 12.0. The summed E-state index contributed by atoms with van der Waals surface area (Å²) in [6.45, 7) is 3.73. The lowest BCUT2D eigenvalue weighted by Crippen LogP contribution is -2.31. The number of carbonyl (C=O) groups is 2. The maximum absolute atomic E-state index is 12.1. The van der Waals surface area contributed by atoms with Crippen LogP contribution in [0, 0.1) is 0 Å². The number of nitrogens with zero attached hydrogens (tertiary/aromatic N) is 1. The highest BCUT2D eigenvalue weighted by Crippen LogP contribution is 2.09. The van der Waals surface area contributed by atoms with E-state index in [0.29, 0.717) is 11.3 Å². The minimum Gasteiger partial charge on any atom is -0.349 e. The number of para-hydroxylation sites is 1. The number of rotatable bonds is 4. The third-order valence-corrected chi connectivity index (χ3v) is 2.71. The van der Waals surface area contributed by atoms with Gasteiger partial charge in [0.2, 0.25) is 0 Å². The fourth-order valence-corrected chi connectivity index (χ4v) is 1.76. The number of pyridine rings is 1. The zero-order valence-electron chi connectivity index (χ0n) is 12.0. The maximum atomic E-state index is 12.1. The van der Waals surface area contributed by atoms with Crippen molar-refractivity contribution in [1.82, 2.24) is 10.3 Å². The highest BCUT2D eigenvalue weighted by atomic mass is 16.2. The molecule has 1 heterocycles. The lowest BCUT2D eigenvalue weighted by molar-refractivity contribution is 0.0938. The fraction of sp³-hybridized carbons (Fsp3) is 0.188. The minimum absolute atomic E-state index is 0.0149. The van der Waals surface area contributed by atoms with E-state index < -0.39 is 0 Å². The summed E-state index contributed by atoms with van der Waals surface area (Å²) in [7, 11) is 0. The van der Waals surface area contributed by atoms with Gasteiger partial charge in [-0.05, 0) is 38.1 Å². The van der Waals surface area contributed by atoms with Crippen LogP contribution in [0.15, 0.2) is 48.7 Å². The summed E-state index contributed by atoms with van der Waals surface area (Å²) in [5.74, 6) is -0.568. The average Bonchev–Trinajstić information content (AvgIpc) is 2.47. The normalized spacial score (nSPS) is 10.2. The van der Waals surface area contributed by atoms with Crippen LogP contribution < -0.4 is 10.6 Å². The average molecular weight is 283 g/mol. The van der Waals surface area contributed by atoms with Crippen molar-refractivity contribution < 1.29 is 9.59 Å². The lowest BCUT2D eigenvalue weighted by Gasteiger charge is -2.09. The van der Waals surface area contributed by atoms with E-state index in [0.717, 1.165) is 0 Å². The predicted octanol–water partition coefficient (Wildman–Crippen LogP) is 2.47. The molecule has 21 heavy (non-hydrogen) atoms. The molecule has 2 amide bonds. The van der Waals surface area contributed by atoms with Crippen LogP contribution in [-0.2, 0) is 0 Å². The van der Waals surface area contributed by atoms with Gasteiger partial charge in [-0.15, -0.1) is 0 Å². The van der Waals surface area contributed by atoms with Gasteiger partial charge in [0.1, 0.15) is 5.69 Å². The Morgan fingerprint density at radius 3 is 2.43 bits per heavy atom. The maximum Gasteiger partial charge on any atom is 0.270 e. The number of carbonyl (C=O) groups excluding carboxylic acids is 2. The molecular formula is C16H17N3O2. The van der Waals surface area contributed by atoms with Crippen LogP contribution in [0.2, 0.25) is 0 Å². The van der Waals surface area contributed by atoms with Crippen LogP contribution in [0.25, 0.3) is 0 Å². The van der Waals surface area contributed by atoms with E-state index in [9.17, 15) is 9.59 Å². The van der Waals surface area contributed by atoms with Crippen LogP contribution in [0.5, 0.6) is 0 Å². The van der Waals surface area contributed by atoms with Gasteiger partial charge >= 0.3 is 0 Å². The molecule has 0 aliphatic rings. The Hall–Kier alpha value is -2.69. The smallest absolute Gasteiger partial charge is 0.270 e. The SMILES string of the molecule is CC(C)NC(=O)c1cc(C(=O)Nc2ccccc2)ccn1. The molecule has 0 aliphatic carbocycles. The van der Waals surface area contributed by atoms with Gasteiger partial charge in [0, 0.05) is 23.5 Å². The number of aromatic nitrogens is 1. The molecule has 0 bridgehead atoms. The first kappa shape index (κ1) is 14.7. The van der Waals surface area contributed by atoms with Crippen molar-refractivity contribution in [3.63, 3.8) is 0 Å². The molecule has 2 aromatic rings. The van der Waals surface area contributed by atoms with Crippen molar-refractivity contribution in [2.75, 3.05) is 5.32 Å². The molecule has 0 spiro atoms. The van der Waals surface area contributed by atoms with E-state index in [1.807, 2.05) is 32.0 Å². The van der Waals surface area contributed by atoms with Gasteiger partial charge < -0.3 is 10.6 Å². The summed E-state index contributed by atoms with van der Waals surface area (Å²) in [4.78, 5) is 28.0. The summed E-state index contributed by atoms with van der Waals surface area (Å²) in [6, 6.07) is 12.2. The third kappa shape index (κ3) is 4.14. The minimum atomic E-state index is -0.292. The first-order valence-electron chi connectivity index (χ1n) is 6.69. The number of hydrogen-bond donors (Lipinski definition) is 2. The highest BCUT2D eigenvalue weighted by Gasteiger charge is 2.12. The molecule has 5 nitrogen and oxygen atoms in total. The van der Waals surface area contributed by atoms with Gasteiger partial charge in [0.25, 0.3) is 11.8 Å². The standard InChI is InChI=1S/C16H17N3O2/c1-11(2)18-16(21)14-10-12(8-9-17-14)15(20)19-13-6-4-3-5-7-13/h3-11H,1-2H3,(H,18,21)(H,19,20). The summed E-state index contributed by atoms with van der Waals surface area (Å²) >= 11 is 0. The molecule has 108 valence electrons. The Bertz CT molecular complexity index is 639. The fourth-order valence-electron chi connectivity index (χ4n) is 1.76. The molecule has 2 N–H and O–H groups in total. The largest absolute Gasteiger partial charge is 0.349 e. The molecule has 2 rings (SSSR count). The second-order valence-corrected chi connectivity index (χ2v) is 4.88.